The number of aliphatic hydroxyl groups excluding tert-OH is 1. The lowest BCUT2D eigenvalue weighted by Gasteiger charge is -2.14. The molecule has 0 spiro atoms. The molecule has 23 heavy (non-hydrogen) atoms. The summed E-state index contributed by atoms with van der Waals surface area (Å²) in [5.74, 6) is -0.547. The van der Waals surface area contributed by atoms with Crippen LogP contribution in [0, 0.1) is 5.82 Å². The lowest BCUT2D eigenvalue weighted by molar-refractivity contribution is 0.170. The van der Waals surface area contributed by atoms with Crippen LogP contribution in [0.2, 0.25) is 15.1 Å². The van der Waals surface area contributed by atoms with Crippen molar-refractivity contribution < 1.29 is 14.3 Å². The number of carbonyl (C=O) groups is 1. The first-order valence-corrected chi connectivity index (χ1v) is 7.63. The number of hydrogen-bond acceptors (Lipinski definition) is 2. The molecule has 0 radical (unpaired) electrons. The van der Waals surface area contributed by atoms with Gasteiger partial charge in [-0.1, -0.05) is 53.0 Å². The summed E-state index contributed by atoms with van der Waals surface area (Å²) in [5, 5.41) is 15.5. The monoisotopic (exact) mass is 376 g/mol. The van der Waals surface area contributed by atoms with Crippen molar-refractivity contribution in [1.82, 2.24) is 5.32 Å². The number of aliphatic hydroxyl groups is 1. The molecule has 2 rings (SSSR count). The van der Waals surface area contributed by atoms with Crippen molar-refractivity contribution in [1.29, 1.82) is 0 Å². The van der Waals surface area contributed by atoms with Crippen LogP contribution in [0.25, 0.3) is 0 Å². The second-order valence-corrected chi connectivity index (χ2v) is 5.84. The van der Waals surface area contributed by atoms with Gasteiger partial charge in [-0.3, -0.25) is 0 Å². The van der Waals surface area contributed by atoms with E-state index in [1.165, 1.54) is 30.3 Å². The van der Waals surface area contributed by atoms with E-state index < -0.39 is 18.0 Å². The Bertz CT molecular complexity index is 728. The van der Waals surface area contributed by atoms with Crippen LogP contribution in [0.1, 0.15) is 11.7 Å². The first kappa shape index (κ1) is 17.8. The summed E-state index contributed by atoms with van der Waals surface area (Å²) >= 11 is 17.6. The predicted octanol–water partition coefficient (Wildman–Crippen LogP) is 4.64. The van der Waals surface area contributed by atoms with Crippen molar-refractivity contribution in [2.75, 3.05) is 11.9 Å². The minimum atomic E-state index is -1.17. The van der Waals surface area contributed by atoms with E-state index in [0.29, 0.717) is 0 Å². The maximum absolute atomic E-state index is 13.5. The third kappa shape index (κ3) is 4.72. The van der Waals surface area contributed by atoms with E-state index >= 15 is 0 Å². The quantitative estimate of drug-likeness (QED) is 0.680. The van der Waals surface area contributed by atoms with Crippen molar-refractivity contribution in [3.63, 3.8) is 0 Å². The van der Waals surface area contributed by atoms with Gasteiger partial charge in [0.05, 0.1) is 26.9 Å². The van der Waals surface area contributed by atoms with Gasteiger partial charge in [0.15, 0.2) is 0 Å². The van der Waals surface area contributed by atoms with Gasteiger partial charge in [-0.15, -0.1) is 0 Å². The molecule has 0 aliphatic heterocycles. The highest BCUT2D eigenvalue weighted by Gasteiger charge is 2.14. The van der Waals surface area contributed by atoms with Gasteiger partial charge in [0.25, 0.3) is 0 Å². The Kier molecular flexibility index (Phi) is 6.07. The summed E-state index contributed by atoms with van der Waals surface area (Å²) in [6, 6.07) is 7.95. The van der Waals surface area contributed by atoms with E-state index in [0.717, 1.165) is 0 Å². The maximum Gasteiger partial charge on any atom is 0.319 e. The smallest absolute Gasteiger partial charge is 0.319 e. The van der Waals surface area contributed by atoms with Gasteiger partial charge in [0.1, 0.15) is 5.82 Å². The van der Waals surface area contributed by atoms with Crippen LogP contribution < -0.4 is 10.6 Å². The molecule has 0 saturated heterocycles. The van der Waals surface area contributed by atoms with Crippen LogP contribution in [0.4, 0.5) is 14.9 Å². The number of rotatable bonds is 4. The third-order valence-corrected chi connectivity index (χ3v) is 4.01. The summed E-state index contributed by atoms with van der Waals surface area (Å²) in [6.45, 7) is -0.175. The predicted molar refractivity (Wildman–Crippen MR) is 89.9 cm³/mol. The van der Waals surface area contributed by atoms with Crippen LogP contribution in [0.5, 0.6) is 0 Å². The van der Waals surface area contributed by atoms with Crippen molar-refractivity contribution in [3.05, 3.63) is 62.8 Å². The van der Waals surface area contributed by atoms with Crippen LogP contribution in [0.15, 0.2) is 36.4 Å². The van der Waals surface area contributed by atoms with E-state index in [1.807, 2.05) is 0 Å². The SMILES string of the molecule is O=C(NC[C@H](O)c1ccccc1F)Nc1cc(Cl)c(Cl)cc1Cl. The maximum atomic E-state index is 13.5. The second kappa shape index (κ2) is 7.84. The number of urea groups is 1. The number of nitrogens with one attached hydrogen (secondary N) is 2. The van der Waals surface area contributed by atoms with E-state index in [1.54, 1.807) is 6.07 Å². The number of hydrogen-bond donors (Lipinski definition) is 3. The zero-order chi connectivity index (χ0) is 17.0. The summed E-state index contributed by atoms with van der Waals surface area (Å²) in [6.07, 6.45) is -1.17. The average molecular weight is 378 g/mol. The minimum absolute atomic E-state index is 0.0976. The van der Waals surface area contributed by atoms with Crippen molar-refractivity contribution in [3.8, 4) is 0 Å². The van der Waals surface area contributed by atoms with Crippen LogP contribution in [-0.4, -0.2) is 17.7 Å². The van der Waals surface area contributed by atoms with Crippen molar-refractivity contribution in [2.24, 2.45) is 0 Å². The zero-order valence-corrected chi connectivity index (χ0v) is 13.9. The molecule has 2 aromatic carbocycles. The van der Waals surface area contributed by atoms with E-state index in [-0.39, 0.29) is 32.9 Å². The number of amides is 2. The second-order valence-electron chi connectivity index (χ2n) is 4.62. The lowest BCUT2D eigenvalue weighted by Crippen LogP contribution is -2.32. The van der Waals surface area contributed by atoms with E-state index in [2.05, 4.69) is 10.6 Å². The molecular weight excluding hydrogens is 366 g/mol. The fourth-order valence-corrected chi connectivity index (χ4v) is 2.42. The first-order valence-electron chi connectivity index (χ1n) is 6.50. The summed E-state index contributed by atoms with van der Waals surface area (Å²) in [5.41, 5.74) is 0.360. The summed E-state index contributed by atoms with van der Waals surface area (Å²) < 4.78 is 13.5. The van der Waals surface area contributed by atoms with Gasteiger partial charge in [-0.25, -0.2) is 9.18 Å². The van der Waals surface area contributed by atoms with Gasteiger partial charge in [0, 0.05) is 12.1 Å². The Hall–Kier alpha value is -1.53. The molecule has 4 nitrogen and oxygen atoms in total. The standard InChI is InChI=1S/C15H12Cl3FN2O2/c16-9-5-11(18)13(6-10(9)17)21-15(23)20-7-14(22)8-3-1-2-4-12(8)19/h1-6,14,22H,7H2,(H2,20,21,23)/t14-/m0/s1. The van der Waals surface area contributed by atoms with Crippen LogP contribution >= 0.6 is 34.8 Å². The molecule has 122 valence electrons. The molecular formula is C15H12Cl3FN2O2. The van der Waals surface area contributed by atoms with Gasteiger partial charge in [-0.05, 0) is 18.2 Å². The molecule has 0 unspecified atom stereocenters. The minimum Gasteiger partial charge on any atom is -0.386 e. The number of benzene rings is 2. The Labute approximate surface area is 147 Å². The van der Waals surface area contributed by atoms with Crippen molar-refractivity contribution in [2.45, 2.75) is 6.10 Å². The lowest BCUT2D eigenvalue weighted by atomic mass is 10.1. The van der Waals surface area contributed by atoms with Gasteiger partial charge >= 0.3 is 6.03 Å². The highest BCUT2D eigenvalue weighted by atomic mass is 35.5. The van der Waals surface area contributed by atoms with Crippen LogP contribution in [-0.2, 0) is 0 Å². The Morgan fingerprint density at radius 3 is 2.48 bits per heavy atom. The highest BCUT2D eigenvalue weighted by molar-refractivity contribution is 6.44. The molecule has 2 amide bonds. The number of halogens is 4. The molecule has 0 bridgehead atoms. The molecule has 0 aliphatic carbocycles. The topological polar surface area (TPSA) is 61.4 Å². The molecule has 1 atom stereocenters. The molecule has 0 aromatic heterocycles. The van der Waals surface area contributed by atoms with Crippen molar-refractivity contribution >= 4 is 46.5 Å². The van der Waals surface area contributed by atoms with Gasteiger partial charge in [0.2, 0.25) is 0 Å². The largest absolute Gasteiger partial charge is 0.386 e. The summed E-state index contributed by atoms with van der Waals surface area (Å²) in [7, 11) is 0. The van der Waals surface area contributed by atoms with E-state index in [4.69, 9.17) is 34.8 Å². The Morgan fingerprint density at radius 1 is 1.13 bits per heavy atom. The summed E-state index contributed by atoms with van der Waals surface area (Å²) in [4.78, 5) is 11.8. The molecule has 0 saturated carbocycles. The molecule has 0 fully saturated rings. The molecule has 8 heteroatoms. The Morgan fingerprint density at radius 2 is 1.78 bits per heavy atom. The van der Waals surface area contributed by atoms with Gasteiger partial charge < -0.3 is 15.7 Å². The average Bonchev–Trinajstić information content (AvgIpc) is 2.51. The number of carbonyl (C=O) groups excluding carboxylic acids is 1. The molecule has 0 heterocycles. The Balaban J connectivity index is 1.96. The van der Waals surface area contributed by atoms with Crippen LogP contribution in [0.3, 0.4) is 0 Å². The molecule has 3 N–H and O–H groups in total. The highest BCUT2D eigenvalue weighted by Crippen LogP contribution is 2.32. The van der Waals surface area contributed by atoms with E-state index in [9.17, 15) is 14.3 Å². The fourth-order valence-electron chi connectivity index (χ4n) is 1.83. The number of anilines is 1. The molecule has 2 aromatic rings. The van der Waals surface area contributed by atoms with Gasteiger partial charge in [-0.2, -0.15) is 0 Å². The fraction of sp³-hybridized carbons (Fsp3) is 0.133. The first-order chi connectivity index (χ1) is 10.9. The molecule has 0 aliphatic rings. The third-order valence-electron chi connectivity index (χ3n) is 2.98. The normalized spacial score (nSPS) is 11.9. The zero-order valence-electron chi connectivity index (χ0n) is 11.6.